The molecule has 2 aromatic rings. The van der Waals surface area contributed by atoms with Gasteiger partial charge >= 0.3 is 0 Å². The van der Waals surface area contributed by atoms with Crippen molar-refractivity contribution in [2.45, 2.75) is 6.61 Å². The fourth-order valence-corrected chi connectivity index (χ4v) is 1.41. The predicted octanol–water partition coefficient (Wildman–Crippen LogP) is 1.78. The van der Waals surface area contributed by atoms with Crippen molar-refractivity contribution < 1.29 is 5.11 Å². The molecule has 0 aliphatic rings. The Hall–Kier alpha value is -1.19. The second kappa shape index (κ2) is 3.28. The number of fused-ring (bicyclic) bond motifs is 1. The summed E-state index contributed by atoms with van der Waals surface area (Å²) in [7, 11) is 0. The Morgan fingerprint density at radius 2 is 1.85 bits per heavy atom. The first-order valence-corrected chi connectivity index (χ1v) is 4.19. The molecule has 1 aromatic carbocycles. The van der Waals surface area contributed by atoms with E-state index in [1.807, 2.05) is 0 Å². The van der Waals surface area contributed by atoms with Crippen LogP contribution in [0.15, 0.2) is 24.5 Å². The van der Waals surface area contributed by atoms with Gasteiger partial charge in [0.15, 0.2) is 0 Å². The van der Waals surface area contributed by atoms with E-state index in [1.165, 1.54) is 0 Å². The van der Waals surface area contributed by atoms with Gasteiger partial charge in [0.2, 0.25) is 0 Å². The molecule has 0 spiro atoms. The molecule has 0 saturated heterocycles. The number of aromatic nitrogens is 2. The van der Waals surface area contributed by atoms with E-state index < -0.39 is 0 Å². The average Bonchev–Trinajstić information content (AvgIpc) is 2.19. The van der Waals surface area contributed by atoms with Crippen molar-refractivity contribution in [3.05, 3.63) is 35.1 Å². The maximum absolute atomic E-state index is 9.02. The third-order valence-corrected chi connectivity index (χ3v) is 2.13. The van der Waals surface area contributed by atoms with Crippen molar-refractivity contribution in [3.63, 3.8) is 0 Å². The van der Waals surface area contributed by atoms with E-state index in [9.17, 15) is 0 Å². The third-order valence-electron chi connectivity index (χ3n) is 1.83. The fourth-order valence-electron chi connectivity index (χ4n) is 1.21. The summed E-state index contributed by atoms with van der Waals surface area (Å²) in [6.45, 7) is -0.0492. The molecule has 1 heterocycles. The highest BCUT2D eigenvalue weighted by atomic mass is 35.5. The van der Waals surface area contributed by atoms with Gasteiger partial charge < -0.3 is 5.11 Å². The minimum atomic E-state index is -0.0492. The number of halogens is 1. The number of hydrogen-bond acceptors (Lipinski definition) is 3. The van der Waals surface area contributed by atoms with Crippen molar-refractivity contribution in [2.24, 2.45) is 0 Å². The molecular weight excluding hydrogens is 188 g/mol. The summed E-state index contributed by atoms with van der Waals surface area (Å²) in [4.78, 5) is 8.19. The maximum Gasteiger partial charge on any atom is 0.108 e. The van der Waals surface area contributed by atoms with Crippen molar-refractivity contribution in [1.82, 2.24) is 9.97 Å². The average molecular weight is 195 g/mol. The van der Waals surface area contributed by atoms with Crippen molar-refractivity contribution in [2.75, 3.05) is 0 Å². The van der Waals surface area contributed by atoms with Crippen molar-refractivity contribution in [3.8, 4) is 0 Å². The summed E-state index contributed by atoms with van der Waals surface area (Å²) >= 11 is 5.90. The first-order valence-electron chi connectivity index (χ1n) is 3.82. The highest BCUT2D eigenvalue weighted by molar-refractivity contribution is 6.34. The zero-order valence-corrected chi connectivity index (χ0v) is 7.49. The molecule has 0 bridgehead atoms. The Kier molecular flexibility index (Phi) is 2.12. The topological polar surface area (TPSA) is 46.0 Å². The number of aliphatic hydroxyl groups is 1. The summed E-state index contributed by atoms with van der Waals surface area (Å²) < 4.78 is 0. The van der Waals surface area contributed by atoms with Crippen LogP contribution in [0.25, 0.3) is 11.0 Å². The standard InChI is InChI=1S/C9H7ClN2O/c10-7-2-1-6(5-13)8-9(7)12-4-3-11-8/h1-4,13H,5H2. The molecule has 0 fully saturated rings. The highest BCUT2D eigenvalue weighted by Gasteiger charge is 2.04. The summed E-state index contributed by atoms with van der Waals surface area (Å²) in [6.07, 6.45) is 3.16. The van der Waals surface area contributed by atoms with Crippen LogP contribution < -0.4 is 0 Å². The lowest BCUT2D eigenvalue weighted by Crippen LogP contribution is -1.90. The minimum Gasteiger partial charge on any atom is -0.392 e. The quantitative estimate of drug-likeness (QED) is 0.753. The van der Waals surface area contributed by atoms with Gasteiger partial charge in [-0.3, -0.25) is 9.97 Å². The van der Waals surface area contributed by atoms with Gasteiger partial charge in [-0.1, -0.05) is 17.7 Å². The van der Waals surface area contributed by atoms with Gasteiger partial charge in [0.05, 0.1) is 17.1 Å². The van der Waals surface area contributed by atoms with Crippen LogP contribution in [-0.4, -0.2) is 15.1 Å². The Morgan fingerprint density at radius 3 is 2.54 bits per heavy atom. The number of rotatable bonds is 1. The van der Waals surface area contributed by atoms with E-state index in [-0.39, 0.29) is 6.61 Å². The normalized spacial score (nSPS) is 10.6. The van der Waals surface area contributed by atoms with Crippen LogP contribution in [0.4, 0.5) is 0 Å². The second-order valence-corrected chi connectivity index (χ2v) is 3.03. The van der Waals surface area contributed by atoms with Gasteiger partial charge in [0.25, 0.3) is 0 Å². The van der Waals surface area contributed by atoms with Gasteiger partial charge in [-0.25, -0.2) is 0 Å². The molecule has 0 aliphatic heterocycles. The monoisotopic (exact) mass is 194 g/mol. The zero-order chi connectivity index (χ0) is 9.26. The van der Waals surface area contributed by atoms with Crippen LogP contribution in [0.3, 0.4) is 0 Å². The van der Waals surface area contributed by atoms with Crippen molar-refractivity contribution >= 4 is 22.6 Å². The van der Waals surface area contributed by atoms with Gasteiger partial charge in [-0.05, 0) is 6.07 Å². The lowest BCUT2D eigenvalue weighted by atomic mass is 10.2. The molecular formula is C9H7ClN2O. The van der Waals surface area contributed by atoms with Gasteiger partial charge in [-0.2, -0.15) is 0 Å². The molecule has 1 N–H and O–H groups in total. The SMILES string of the molecule is OCc1ccc(Cl)c2nccnc12. The molecule has 0 amide bonds. The number of nitrogens with zero attached hydrogens (tertiary/aromatic N) is 2. The molecule has 2 rings (SSSR count). The molecule has 4 heteroatoms. The van der Waals surface area contributed by atoms with E-state index in [0.29, 0.717) is 16.1 Å². The van der Waals surface area contributed by atoms with Gasteiger partial charge in [0.1, 0.15) is 5.52 Å². The lowest BCUT2D eigenvalue weighted by Gasteiger charge is -2.02. The molecule has 0 atom stereocenters. The highest BCUT2D eigenvalue weighted by Crippen LogP contribution is 2.22. The zero-order valence-electron chi connectivity index (χ0n) is 6.74. The predicted molar refractivity (Wildman–Crippen MR) is 50.5 cm³/mol. The molecule has 13 heavy (non-hydrogen) atoms. The molecule has 0 unspecified atom stereocenters. The van der Waals surface area contributed by atoms with Crippen LogP contribution in [0.5, 0.6) is 0 Å². The van der Waals surface area contributed by atoms with Gasteiger partial charge in [-0.15, -0.1) is 0 Å². The fraction of sp³-hybridized carbons (Fsp3) is 0.111. The molecule has 66 valence electrons. The Bertz CT molecular complexity index is 445. The molecule has 3 nitrogen and oxygen atoms in total. The van der Waals surface area contributed by atoms with E-state index in [2.05, 4.69) is 9.97 Å². The number of benzene rings is 1. The van der Waals surface area contributed by atoms with Crippen LogP contribution in [0, 0.1) is 0 Å². The molecule has 1 aromatic heterocycles. The molecule has 0 aliphatic carbocycles. The first-order chi connectivity index (χ1) is 6.33. The van der Waals surface area contributed by atoms with E-state index in [1.54, 1.807) is 24.5 Å². The third kappa shape index (κ3) is 1.36. The maximum atomic E-state index is 9.02. The summed E-state index contributed by atoms with van der Waals surface area (Å²) in [5, 5.41) is 9.57. The number of aliphatic hydroxyl groups excluding tert-OH is 1. The molecule has 0 saturated carbocycles. The lowest BCUT2D eigenvalue weighted by molar-refractivity contribution is 0.283. The molecule has 0 radical (unpaired) electrons. The van der Waals surface area contributed by atoms with Crippen molar-refractivity contribution in [1.29, 1.82) is 0 Å². The summed E-state index contributed by atoms with van der Waals surface area (Å²) in [6, 6.07) is 3.46. The van der Waals surface area contributed by atoms with Crippen LogP contribution in [-0.2, 0) is 6.61 Å². The van der Waals surface area contributed by atoms with Gasteiger partial charge in [0, 0.05) is 18.0 Å². The minimum absolute atomic E-state index is 0.0492. The summed E-state index contributed by atoms with van der Waals surface area (Å²) in [5.41, 5.74) is 2.04. The van der Waals surface area contributed by atoms with E-state index >= 15 is 0 Å². The Morgan fingerprint density at radius 1 is 1.15 bits per heavy atom. The number of hydrogen-bond donors (Lipinski definition) is 1. The van der Waals surface area contributed by atoms with Crippen LogP contribution >= 0.6 is 11.6 Å². The van der Waals surface area contributed by atoms with E-state index in [0.717, 1.165) is 5.56 Å². The van der Waals surface area contributed by atoms with Crippen LogP contribution in [0.2, 0.25) is 5.02 Å². The summed E-state index contributed by atoms with van der Waals surface area (Å²) in [5.74, 6) is 0. The second-order valence-electron chi connectivity index (χ2n) is 2.62. The Balaban J connectivity index is 2.84. The van der Waals surface area contributed by atoms with Crippen LogP contribution in [0.1, 0.15) is 5.56 Å². The Labute approximate surface area is 80.0 Å². The first kappa shape index (κ1) is 8.41. The smallest absolute Gasteiger partial charge is 0.108 e. The largest absolute Gasteiger partial charge is 0.392 e. The van der Waals surface area contributed by atoms with E-state index in [4.69, 9.17) is 16.7 Å².